The summed E-state index contributed by atoms with van der Waals surface area (Å²) in [4.78, 5) is 27.6. The summed E-state index contributed by atoms with van der Waals surface area (Å²) in [6, 6.07) is 9.19. The van der Waals surface area contributed by atoms with Crippen molar-refractivity contribution in [3.8, 4) is 22.8 Å². The molecule has 3 heterocycles. The number of likely N-dealkylation sites (N-methyl/N-ethyl adjacent to an activating group) is 1. The fourth-order valence-electron chi connectivity index (χ4n) is 4.01. The molecule has 8 nitrogen and oxygen atoms in total. The Hall–Kier alpha value is -3.99. The second kappa shape index (κ2) is 8.59. The number of fused-ring (bicyclic) bond motifs is 2. The fraction of sp³-hybridized carbons (Fsp3) is 0.208. The van der Waals surface area contributed by atoms with Gasteiger partial charge in [-0.25, -0.2) is 9.07 Å². The molecule has 2 aromatic carbocycles. The van der Waals surface area contributed by atoms with Crippen molar-refractivity contribution in [2.45, 2.75) is 26.7 Å². The lowest BCUT2D eigenvalue weighted by Crippen LogP contribution is -2.37. The highest BCUT2D eigenvalue weighted by atomic mass is 35.5. The van der Waals surface area contributed by atoms with E-state index in [-0.39, 0.29) is 51.0 Å². The molecule has 1 amide bonds. The number of hydrogen-bond acceptors (Lipinski definition) is 6. The predicted molar refractivity (Wildman–Crippen MR) is 124 cm³/mol. The Morgan fingerprint density at radius 3 is 2.61 bits per heavy atom. The zero-order chi connectivity index (χ0) is 25.8. The Labute approximate surface area is 206 Å². The van der Waals surface area contributed by atoms with Gasteiger partial charge in [0, 0.05) is 28.9 Å². The molecule has 0 spiro atoms. The maximum absolute atomic E-state index is 14.1. The Kier molecular flexibility index (Phi) is 5.67. The number of ether oxygens (including phenoxy) is 2. The molecule has 12 heteroatoms. The monoisotopic (exact) mass is 519 g/mol. The summed E-state index contributed by atoms with van der Waals surface area (Å²) in [7, 11) is 0. The molecule has 0 saturated carbocycles. The van der Waals surface area contributed by atoms with Crippen LogP contribution >= 0.6 is 11.6 Å². The number of aryl methyl sites for hydroxylation is 1. The molecule has 2 aromatic heterocycles. The van der Waals surface area contributed by atoms with Crippen molar-refractivity contribution in [3.63, 3.8) is 0 Å². The molecule has 0 fully saturated rings. The summed E-state index contributed by atoms with van der Waals surface area (Å²) in [6.07, 6.45) is -3.80. The minimum Gasteiger partial charge on any atom is -0.459 e. The van der Waals surface area contributed by atoms with E-state index in [2.05, 4.69) is 14.6 Å². The molecule has 0 saturated heterocycles. The number of benzene rings is 2. The van der Waals surface area contributed by atoms with Gasteiger partial charge >= 0.3 is 6.29 Å². The van der Waals surface area contributed by atoms with E-state index in [1.54, 1.807) is 13.8 Å². The maximum atomic E-state index is 14.1. The number of alkyl halides is 2. The molecule has 1 aliphatic rings. The molecular weight excluding hydrogens is 503 g/mol. The first-order valence-electron chi connectivity index (χ1n) is 10.7. The Bertz CT molecular complexity index is 1560. The van der Waals surface area contributed by atoms with Crippen molar-refractivity contribution < 1.29 is 31.9 Å². The third-order valence-electron chi connectivity index (χ3n) is 5.49. The van der Waals surface area contributed by atoms with Crippen LogP contribution in [-0.4, -0.2) is 28.5 Å². The molecule has 0 bridgehead atoms. The van der Waals surface area contributed by atoms with Crippen molar-refractivity contribution in [1.82, 2.24) is 9.78 Å². The number of carbonyl (C=O) groups is 1. The number of nitrogens with zero attached hydrogens (tertiary/aromatic N) is 3. The van der Waals surface area contributed by atoms with Gasteiger partial charge in [0.15, 0.2) is 17.1 Å². The number of anilines is 1. The van der Waals surface area contributed by atoms with Gasteiger partial charge in [0.05, 0.1) is 5.39 Å². The topological polar surface area (TPSA) is 86.8 Å². The molecule has 5 rings (SSSR count). The van der Waals surface area contributed by atoms with Crippen LogP contribution in [0.15, 0.2) is 51.7 Å². The number of furan rings is 1. The summed E-state index contributed by atoms with van der Waals surface area (Å²) in [5.41, 5.74) is 0.174. The predicted octanol–water partition coefficient (Wildman–Crippen LogP) is 5.13. The van der Waals surface area contributed by atoms with Crippen molar-refractivity contribution in [3.05, 3.63) is 69.4 Å². The van der Waals surface area contributed by atoms with Gasteiger partial charge < -0.3 is 18.8 Å². The lowest BCUT2D eigenvalue weighted by Gasteiger charge is -2.21. The number of amides is 1. The van der Waals surface area contributed by atoms with Crippen LogP contribution in [0.3, 0.4) is 0 Å². The summed E-state index contributed by atoms with van der Waals surface area (Å²) in [5.74, 6) is -1.14. The molecular formula is C24H17ClF3N3O5. The van der Waals surface area contributed by atoms with Gasteiger partial charge in [0.25, 0.3) is 5.56 Å². The normalized spacial score (nSPS) is 13.8. The quantitative estimate of drug-likeness (QED) is 0.363. The Balaban J connectivity index is 1.53. The van der Waals surface area contributed by atoms with E-state index in [9.17, 15) is 22.8 Å². The first kappa shape index (κ1) is 23.7. The van der Waals surface area contributed by atoms with Crippen molar-refractivity contribution >= 4 is 34.2 Å². The Morgan fingerprint density at radius 1 is 1.14 bits per heavy atom. The molecule has 4 aromatic rings. The summed E-state index contributed by atoms with van der Waals surface area (Å²) >= 11 is 6.00. The summed E-state index contributed by atoms with van der Waals surface area (Å²) in [6.45, 7) is 2.98. The van der Waals surface area contributed by atoms with E-state index in [1.807, 2.05) is 0 Å². The second-order valence-corrected chi connectivity index (χ2v) is 8.44. The van der Waals surface area contributed by atoms with Gasteiger partial charge in [-0.2, -0.15) is 5.10 Å². The summed E-state index contributed by atoms with van der Waals surface area (Å²) in [5, 5.41) is 4.55. The third-order valence-corrected chi connectivity index (χ3v) is 5.71. The largest absolute Gasteiger partial charge is 0.586 e. The van der Waals surface area contributed by atoms with Crippen LogP contribution < -0.4 is 19.9 Å². The first-order valence-corrected chi connectivity index (χ1v) is 11.1. The van der Waals surface area contributed by atoms with Gasteiger partial charge in [-0.1, -0.05) is 11.6 Å². The average molecular weight is 520 g/mol. The van der Waals surface area contributed by atoms with Gasteiger partial charge in [-0.3, -0.25) is 9.59 Å². The number of halogens is 4. The molecule has 0 radical (unpaired) electrons. The standard InChI is InChI=1S/C24H17ClF3N3O5/c1-3-30(16-4-5-18-19(10-16)36-24(27,28)35-18)20(32)11-31-23(33)17-6-12(2)34-22(17)21(29-31)13-7-14(25)9-15(26)8-13/h4-10H,3,11H2,1-2H3. The average Bonchev–Trinajstić information content (AvgIpc) is 3.33. The Morgan fingerprint density at radius 2 is 1.89 bits per heavy atom. The second-order valence-electron chi connectivity index (χ2n) is 8.01. The highest BCUT2D eigenvalue weighted by Crippen LogP contribution is 2.43. The molecule has 186 valence electrons. The third kappa shape index (κ3) is 4.26. The maximum Gasteiger partial charge on any atom is 0.586 e. The van der Waals surface area contributed by atoms with E-state index in [1.165, 1.54) is 41.3 Å². The minimum atomic E-state index is -3.80. The number of carbonyl (C=O) groups excluding carboxylic acids is 1. The molecule has 0 unspecified atom stereocenters. The molecule has 1 aliphatic heterocycles. The first-order chi connectivity index (χ1) is 17.0. The smallest absolute Gasteiger partial charge is 0.459 e. The molecule has 0 N–H and O–H groups in total. The minimum absolute atomic E-state index is 0.114. The van der Waals surface area contributed by atoms with Crippen molar-refractivity contribution in [1.29, 1.82) is 0 Å². The highest BCUT2D eigenvalue weighted by molar-refractivity contribution is 6.30. The van der Waals surface area contributed by atoms with Crippen LogP contribution in [0.2, 0.25) is 5.02 Å². The lowest BCUT2D eigenvalue weighted by atomic mass is 10.1. The molecule has 36 heavy (non-hydrogen) atoms. The van der Waals surface area contributed by atoms with Gasteiger partial charge in [-0.15, -0.1) is 8.78 Å². The number of aromatic nitrogens is 2. The van der Waals surface area contributed by atoms with E-state index in [0.29, 0.717) is 5.76 Å². The number of rotatable bonds is 5. The van der Waals surface area contributed by atoms with Crippen LogP contribution in [0.1, 0.15) is 12.7 Å². The van der Waals surface area contributed by atoms with Crippen LogP contribution in [0.4, 0.5) is 18.9 Å². The van der Waals surface area contributed by atoms with Crippen molar-refractivity contribution in [2.24, 2.45) is 0 Å². The zero-order valence-electron chi connectivity index (χ0n) is 18.9. The fourth-order valence-corrected chi connectivity index (χ4v) is 4.23. The SMILES string of the molecule is CCN(C(=O)Cn1nc(-c2cc(F)cc(Cl)c2)c2oc(C)cc2c1=O)c1ccc2c(c1)OC(F)(F)O2. The lowest BCUT2D eigenvalue weighted by molar-refractivity contribution is -0.286. The molecule has 0 aliphatic carbocycles. The highest BCUT2D eigenvalue weighted by Gasteiger charge is 2.43. The van der Waals surface area contributed by atoms with E-state index < -0.39 is 30.1 Å². The number of hydrogen-bond donors (Lipinski definition) is 0. The van der Waals surface area contributed by atoms with Crippen molar-refractivity contribution in [2.75, 3.05) is 11.4 Å². The van der Waals surface area contributed by atoms with Crippen LogP contribution in [-0.2, 0) is 11.3 Å². The summed E-state index contributed by atoms with van der Waals surface area (Å²) < 4.78 is 56.3. The van der Waals surface area contributed by atoms with E-state index in [0.717, 1.165) is 10.7 Å². The van der Waals surface area contributed by atoms with E-state index in [4.69, 9.17) is 16.0 Å². The van der Waals surface area contributed by atoms with Gasteiger partial charge in [0.2, 0.25) is 5.91 Å². The zero-order valence-corrected chi connectivity index (χ0v) is 19.6. The van der Waals surface area contributed by atoms with Crippen LogP contribution in [0.25, 0.3) is 22.2 Å². The van der Waals surface area contributed by atoms with Gasteiger partial charge in [0.1, 0.15) is 23.8 Å². The van der Waals surface area contributed by atoms with Crippen LogP contribution in [0, 0.1) is 12.7 Å². The van der Waals surface area contributed by atoms with Gasteiger partial charge in [-0.05, 0) is 50.2 Å². The van der Waals surface area contributed by atoms with E-state index >= 15 is 0 Å². The molecule has 0 atom stereocenters. The van der Waals surface area contributed by atoms with Crippen LogP contribution in [0.5, 0.6) is 11.5 Å².